The molecule has 0 bridgehead atoms. The van der Waals surface area contributed by atoms with Crippen LogP contribution < -0.4 is 5.73 Å². The largest absolute Gasteiger partial charge is 0.337 e. The molecular weight excluding hydrogens is 276 g/mol. The fourth-order valence-electron chi connectivity index (χ4n) is 1.86. The Labute approximate surface area is 120 Å². The van der Waals surface area contributed by atoms with Crippen LogP contribution in [0.25, 0.3) is 0 Å². The molecule has 0 spiro atoms. The molecule has 0 aromatic heterocycles. The van der Waals surface area contributed by atoms with Crippen LogP contribution >= 0.6 is 0 Å². The minimum atomic E-state index is -3.31. The van der Waals surface area contributed by atoms with E-state index in [-0.39, 0.29) is 10.8 Å². The van der Waals surface area contributed by atoms with Crippen molar-refractivity contribution in [1.82, 2.24) is 4.90 Å². The number of nitrogens with zero attached hydrogens (tertiary/aromatic N) is 1. The van der Waals surface area contributed by atoms with Crippen LogP contribution in [0.1, 0.15) is 30.1 Å². The molecule has 0 radical (unpaired) electrons. The molecule has 0 unspecified atom stereocenters. The maximum Gasteiger partial charge on any atom is 0.253 e. The molecule has 112 valence electrons. The monoisotopic (exact) mass is 298 g/mol. The van der Waals surface area contributed by atoms with Crippen LogP contribution in [-0.2, 0) is 9.84 Å². The van der Waals surface area contributed by atoms with E-state index in [0.29, 0.717) is 25.2 Å². The van der Waals surface area contributed by atoms with Gasteiger partial charge in [0.05, 0.1) is 4.90 Å². The highest BCUT2D eigenvalue weighted by Gasteiger charge is 2.16. The molecule has 5 nitrogen and oxygen atoms in total. The Morgan fingerprint density at radius 2 is 2.00 bits per heavy atom. The van der Waals surface area contributed by atoms with Crippen LogP contribution in [0, 0.1) is 0 Å². The molecule has 2 N–H and O–H groups in total. The molecule has 0 atom stereocenters. The van der Waals surface area contributed by atoms with E-state index in [4.69, 9.17) is 5.73 Å². The lowest BCUT2D eigenvalue weighted by Gasteiger charge is -2.22. The number of carbonyl (C=O) groups is 1. The summed E-state index contributed by atoms with van der Waals surface area (Å²) in [5.74, 6) is -0.172. The standard InChI is InChI=1S/C14H22N2O3S/c1-3-4-9-16(10-8-15)14(17)12-6-5-7-13(11-12)20(2,18)19/h5-7,11H,3-4,8-10,15H2,1-2H3. The quantitative estimate of drug-likeness (QED) is 0.822. The molecular formula is C14H22N2O3S. The lowest BCUT2D eigenvalue weighted by molar-refractivity contribution is 0.0758. The van der Waals surface area contributed by atoms with E-state index in [1.54, 1.807) is 17.0 Å². The first kappa shape index (κ1) is 16.7. The molecule has 0 saturated heterocycles. The van der Waals surface area contributed by atoms with Crippen molar-refractivity contribution in [3.05, 3.63) is 29.8 Å². The van der Waals surface area contributed by atoms with Crippen LogP contribution in [0.3, 0.4) is 0 Å². The molecule has 1 aromatic carbocycles. The third-order valence-corrected chi connectivity index (χ3v) is 4.09. The minimum Gasteiger partial charge on any atom is -0.337 e. The van der Waals surface area contributed by atoms with E-state index >= 15 is 0 Å². The Kier molecular flexibility index (Phi) is 6.16. The average Bonchev–Trinajstić information content (AvgIpc) is 2.42. The van der Waals surface area contributed by atoms with Crippen LogP contribution in [-0.4, -0.2) is 45.1 Å². The van der Waals surface area contributed by atoms with Gasteiger partial charge >= 0.3 is 0 Å². The predicted molar refractivity (Wildman–Crippen MR) is 79.4 cm³/mol. The first-order valence-electron chi connectivity index (χ1n) is 6.69. The van der Waals surface area contributed by atoms with Crippen LogP contribution in [0.15, 0.2) is 29.2 Å². The van der Waals surface area contributed by atoms with Crippen molar-refractivity contribution < 1.29 is 13.2 Å². The summed E-state index contributed by atoms with van der Waals surface area (Å²) in [5.41, 5.74) is 5.91. The molecule has 0 heterocycles. The highest BCUT2D eigenvalue weighted by Crippen LogP contribution is 2.13. The van der Waals surface area contributed by atoms with Gasteiger partial charge < -0.3 is 10.6 Å². The topological polar surface area (TPSA) is 80.5 Å². The fourth-order valence-corrected chi connectivity index (χ4v) is 2.53. The summed E-state index contributed by atoms with van der Waals surface area (Å²) in [7, 11) is -3.31. The van der Waals surface area contributed by atoms with Crippen molar-refractivity contribution in [2.45, 2.75) is 24.7 Å². The number of benzene rings is 1. The number of hydrogen-bond donors (Lipinski definition) is 1. The van der Waals surface area contributed by atoms with Gasteiger partial charge in [-0.2, -0.15) is 0 Å². The van der Waals surface area contributed by atoms with Gasteiger partial charge in [-0.1, -0.05) is 19.4 Å². The maximum atomic E-state index is 12.4. The lowest BCUT2D eigenvalue weighted by atomic mass is 10.2. The minimum absolute atomic E-state index is 0.159. The van der Waals surface area contributed by atoms with Crippen molar-refractivity contribution in [3.8, 4) is 0 Å². The van der Waals surface area contributed by atoms with Crippen molar-refractivity contribution in [3.63, 3.8) is 0 Å². The molecule has 0 aliphatic carbocycles. The molecule has 1 rings (SSSR count). The Bertz CT molecular complexity index is 555. The molecule has 1 aromatic rings. The van der Waals surface area contributed by atoms with Crippen LogP contribution in [0.5, 0.6) is 0 Å². The number of carbonyl (C=O) groups excluding carboxylic acids is 1. The van der Waals surface area contributed by atoms with E-state index in [0.717, 1.165) is 19.1 Å². The lowest BCUT2D eigenvalue weighted by Crippen LogP contribution is -2.36. The van der Waals surface area contributed by atoms with E-state index in [2.05, 4.69) is 6.92 Å². The van der Waals surface area contributed by atoms with Gasteiger partial charge in [0.1, 0.15) is 0 Å². The van der Waals surface area contributed by atoms with E-state index in [1.165, 1.54) is 12.1 Å². The summed E-state index contributed by atoms with van der Waals surface area (Å²) in [5, 5.41) is 0. The Morgan fingerprint density at radius 3 is 2.55 bits per heavy atom. The summed E-state index contributed by atoms with van der Waals surface area (Å²) >= 11 is 0. The smallest absolute Gasteiger partial charge is 0.253 e. The first-order valence-corrected chi connectivity index (χ1v) is 8.58. The zero-order valence-corrected chi connectivity index (χ0v) is 12.8. The Hall–Kier alpha value is -1.40. The first-order chi connectivity index (χ1) is 9.40. The normalized spacial score (nSPS) is 11.3. The molecule has 0 aliphatic heterocycles. The SMILES string of the molecule is CCCCN(CCN)C(=O)c1cccc(S(C)(=O)=O)c1. The maximum absolute atomic E-state index is 12.4. The van der Waals surface area contributed by atoms with E-state index in [1.807, 2.05) is 0 Å². The summed E-state index contributed by atoms with van der Waals surface area (Å²) in [6.45, 7) is 3.55. The van der Waals surface area contributed by atoms with Gasteiger partial charge in [-0.25, -0.2) is 8.42 Å². The number of sulfone groups is 1. The van der Waals surface area contributed by atoms with Crippen molar-refractivity contribution in [1.29, 1.82) is 0 Å². The van der Waals surface area contributed by atoms with Gasteiger partial charge in [-0.05, 0) is 24.6 Å². The molecule has 0 aliphatic rings. The highest BCUT2D eigenvalue weighted by molar-refractivity contribution is 7.90. The summed E-state index contributed by atoms with van der Waals surface area (Å²) < 4.78 is 23.1. The van der Waals surface area contributed by atoms with Gasteiger partial charge in [0.15, 0.2) is 9.84 Å². The highest BCUT2D eigenvalue weighted by atomic mass is 32.2. The van der Waals surface area contributed by atoms with Crippen LogP contribution in [0.2, 0.25) is 0 Å². The number of rotatable bonds is 7. The molecule has 0 fully saturated rings. The van der Waals surface area contributed by atoms with Crippen molar-refractivity contribution in [2.75, 3.05) is 25.9 Å². The average molecular weight is 298 g/mol. The number of hydrogen-bond acceptors (Lipinski definition) is 4. The molecule has 0 saturated carbocycles. The third-order valence-electron chi connectivity index (χ3n) is 2.98. The van der Waals surface area contributed by atoms with Gasteiger partial charge in [0.25, 0.3) is 5.91 Å². The predicted octanol–water partition coefficient (Wildman–Crippen LogP) is 1.29. The molecule has 6 heteroatoms. The molecule has 1 amide bonds. The van der Waals surface area contributed by atoms with E-state index in [9.17, 15) is 13.2 Å². The van der Waals surface area contributed by atoms with Gasteiger partial charge in [0.2, 0.25) is 0 Å². The molecule has 20 heavy (non-hydrogen) atoms. The second kappa shape index (κ2) is 7.40. The summed E-state index contributed by atoms with van der Waals surface area (Å²) in [6.07, 6.45) is 3.01. The number of nitrogens with two attached hydrogens (primary N) is 1. The summed E-state index contributed by atoms with van der Waals surface area (Å²) in [6, 6.07) is 6.13. The van der Waals surface area contributed by atoms with Crippen molar-refractivity contribution >= 4 is 15.7 Å². The van der Waals surface area contributed by atoms with Gasteiger partial charge in [-0.15, -0.1) is 0 Å². The summed E-state index contributed by atoms with van der Waals surface area (Å²) in [4.78, 5) is 14.2. The fraction of sp³-hybridized carbons (Fsp3) is 0.500. The Morgan fingerprint density at radius 1 is 1.30 bits per heavy atom. The zero-order valence-electron chi connectivity index (χ0n) is 12.0. The second-order valence-corrected chi connectivity index (χ2v) is 6.75. The zero-order chi connectivity index (χ0) is 15.2. The number of amides is 1. The van der Waals surface area contributed by atoms with Gasteiger partial charge in [0, 0.05) is 31.5 Å². The number of unbranched alkanes of at least 4 members (excludes halogenated alkanes) is 1. The van der Waals surface area contributed by atoms with Gasteiger partial charge in [-0.3, -0.25) is 4.79 Å². The second-order valence-electron chi connectivity index (χ2n) is 4.73. The van der Waals surface area contributed by atoms with Crippen LogP contribution in [0.4, 0.5) is 0 Å². The van der Waals surface area contributed by atoms with E-state index < -0.39 is 9.84 Å². The third kappa shape index (κ3) is 4.61. The Balaban J connectivity index is 2.99. The van der Waals surface area contributed by atoms with Crippen molar-refractivity contribution in [2.24, 2.45) is 5.73 Å².